The van der Waals surface area contributed by atoms with E-state index in [0.717, 1.165) is 21.6 Å². The molecule has 0 spiro atoms. The van der Waals surface area contributed by atoms with E-state index in [-0.39, 0.29) is 11.3 Å². The molecule has 3 aromatic rings. The lowest BCUT2D eigenvalue weighted by molar-refractivity contribution is -0.132. The topological polar surface area (TPSA) is 66.8 Å². The van der Waals surface area contributed by atoms with Crippen molar-refractivity contribution in [3.63, 3.8) is 0 Å². The number of Topliss-reactive ketones (excluding diaryl/α,β-unsaturated/α-hetero) is 1. The van der Waals surface area contributed by atoms with Gasteiger partial charge in [-0.25, -0.2) is 0 Å². The van der Waals surface area contributed by atoms with Crippen molar-refractivity contribution in [1.29, 1.82) is 0 Å². The molecule has 1 N–H and O–H groups in total. The molecule has 1 fully saturated rings. The Kier molecular flexibility index (Phi) is 5.89. The lowest BCUT2D eigenvalue weighted by Gasteiger charge is -2.25. The lowest BCUT2D eigenvalue weighted by Crippen LogP contribution is -2.29. The van der Waals surface area contributed by atoms with Crippen LogP contribution in [0.2, 0.25) is 0 Å². The Morgan fingerprint density at radius 2 is 1.72 bits per heavy atom. The van der Waals surface area contributed by atoms with Crippen LogP contribution in [0.5, 0.6) is 5.75 Å². The third kappa shape index (κ3) is 3.71. The molecule has 0 aliphatic carbocycles. The maximum atomic E-state index is 13.2. The van der Waals surface area contributed by atoms with Gasteiger partial charge in [-0.1, -0.05) is 6.07 Å². The SMILES string of the molecule is CCOc1ccc(/C(O)=C2/C(=O)C(=O)N(c3ccc(C)c(C)c3)C2c2sccc2C)cc1. The third-order valence-corrected chi connectivity index (χ3v) is 6.87. The average Bonchev–Trinajstić information content (AvgIpc) is 3.31. The molecule has 0 radical (unpaired) electrons. The van der Waals surface area contributed by atoms with Gasteiger partial charge in [0.2, 0.25) is 0 Å². The number of rotatable bonds is 5. The highest BCUT2D eigenvalue weighted by Gasteiger charge is 2.48. The van der Waals surface area contributed by atoms with E-state index in [0.29, 0.717) is 23.6 Å². The van der Waals surface area contributed by atoms with Crippen LogP contribution in [0.25, 0.3) is 5.76 Å². The van der Waals surface area contributed by atoms with Gasteiger partial charge < -0.3 is 9.84 Å². The number of ether oxygens (including phenoxy) is 1. The van der Waals surface area contributed by atoms with Crippen molar-refractivity contribution in [1.82, 2.24) is 0 Å². The van der Waals surface area contributed by atoms with Crippen molar-refractivity contribution in [2.45, 2.75) is 33.7 Å². The maximum absolute atomic E-state index is 13.2. The van der Waals surface area contributed by atoms with E-state index in [1.165, 1.54) is 16.2 Å². The van der Waals surface area contributed by atoms with E-state index in [1.807, 2.05) is 57.3 Å². The van der Waals surface area contributed by atoms with Crippen molar-refractivity contribution in [3.05, 3.63) is 86.6 Å². The number of benzene rings is 2. The number of hydrogen-bond acceptors (Lipinski definition) is 5. The number of hydrogen-bond donors (Lipinski definition) is 1. The second-order valence-corrected chi connectivity index (χ2v) is 8.81. The number of carbonyl (C=O) groups excluding carboxylic acids is 2. The quantitative estimate of drug-likeness (QED) is 0.310. The van der Waals surface area contributed by atoms with Gasteiger partial charge >= 0.3 is 0 Å². The highest BCUT2D eigenvalue weighted by Crippen LogP contribution is 2.45. The first kappa shape index (κ1) is 21.8. The van der Waals surface area contributed by atoms with E-state index >= 15 is 0 Å². The summed E-state index contributed by atoms with van der Waals surface area (Å²) in [6.07, 6.45) is 0. The molecule has 164 valence electrons. The molecule has 1 unspecified atom stereocenters. The van der Waals surface area contributed by atoms with Crippen molar-refractivity contribution in [2.75, 3.05) is 11.5 Å². The first-order valence-corrected chi connectivity index (χ1v) is 11.4. The van der Waals surface area contributed by atoms with Crippen LogP contribution in [0.3, 0.4) is 0 Å². The Labute approximate surface area is 191 Å². The van der Waals surface area contributed by atoms with Crippen molar-refractivity contribution < 1.29 is 19.4 Å². The summed E-state index contributed by atoms with van der Waals surface area (Å²) >= 11 is 1.47. The van der Waals surface area contributed by atoms with Gasteiger partial charge in [0, 0.05) is 16.1 Å². The zero-order chi connectivity index (χ0) is 23.0. The summed E-state index contributed by atoms with van der Waals surface area (Å²) in [6, 6.07) is 13.8. The van der Waals surface area contributed by atoms with E-state index in [9.17, 15) is 14.7 Å². The fourth-order valence-electron chi connectivity index (χ4n) is 3.92. The molecule has 4 rings (SSSR count). The molecule has 2 aromatic carbocycles. The standard InChI is InChI=1S/C26H25NO4S/c1-5-31-20-10-7-18(8-11-20)23(28)21-22(25-16(3)12-13-32-25)27(26(30)24(21)29)19-9-6-15(2)17(4)14-19/h6-14,22,28H,5H2,1-4H3/b23-21-. The van der Waals surface area contributed by atoms with Gasteiger partial charge in [0.25, 0.3) is 11.7 Å². The third-order valence-electron chi connectivity index (χ3n) is 5.80. The zero-order valence-electron chi connectivity index (χ0n) is 18.5. The van der Waals surface area contributed by atoms with Crippen LogP contribution in [0.15, 0.2) is 59.5 Å². The summed E-state index contributed by atoms with van der Waals surface area (Å²) < 4.78 is 5.47. The Morgan fingerprint density at radius 1 is 1.00 bits per heavy atom. The maximum Gasteiger partial charge on any atom is 0.300 e. The molecule has 1 amide bonds. The van der Waals surface area contributed by atoms with Gasteiger partial charge in [0.1, 0.15) is 17.6 Å². The van der Waals surface area contributed by atoms with E-state index < -0.39 is 17.7 Å². The van der Waals surface area contributed by atoms with Gasteiger partial charge in [-0.05, 0) is 92.2 Å². The van der Waals surface area contributed by atoms with Crippen LogP contribution in [-0.2, 0) is 9.59 Å². The van der Waals surface area contributed by atoms with Gasteiger partial charge in [0.15, 0.2) is 0 Å². The van der Waals surface area contributed by atoms with Crippen LogP contribution in [0.1, 0.15) is 40.1 Å². The molecule has 1 atom stereocenters. The molecule has 1 aliphatic rings. The summed E-state index contributed by atoms with van der Waals surface area (Å²) in [5, 5.41) is 13.1. The van der Waals surface area contributed by atoms with Crippen LogP contribution in [-0.4, -0.2) is 23.4 Å². The first-order chi connectivity index (χ1) is 15.3. The second kappa shape index (κ2) is 8.63. The molecular formula is C26H25NO4S. The number of amides is 1. The predicted molar refractivity (Wildman–Crippen MR) is 127 cm³/mol. The highest BCUT2D eigenvalue weighted by atomic mass is 32.1. The van der Waals surface area contributed by atoms with Crippen LogP contribution >= 0.6 is 11.3 Å². The molecule has 0 bridgehead atoms. The van der Waals surface area contributed by atoms with Crippen LogP contribution in [0.4, 0.5) is 5.69 Å². The molecular weight excluding hydrogens is 422 g/mol. The number of aliphatic hydroxyl groups is 1. The van der Waals surface area contributed by atoms with Crippen molar-refractivity contribution in [3.8, 4) is 5.75 Å². The molecule has 32 heavy (non-hydrogen) atoms. The van der Waals surface area contributed by atoms with Gasteiger partial charge in [-0.3, -0.25) is 14.5 Å². The molecule has 1 aromatic heterocycles. The molecule has 6 heteroatoms. The van der Waals surface area contributed by atoms with Crippen molar-refractivity contribution in [2.24, 2.45) is 0 Å². The van der Waals surface area contributed by atoms with Crippen molar-refractivity contribution >= 4 is 34.5 Å². The second-order valence-electron chi connectivity index (χ2n) is 7.86. The first-order valence-electron chi connectivity index (χ1n) is 10.5. The Bertz CT molecular complexity index is 1220. The highest BCUT2D eigenvalue weighted by molar-refractivity contribution is 7.10. The van der Waals surface area contributed by atoms with E-state index in [2.05, 4.69) is 0 Å². The number of thiophene rings is 1. The van der Waals surface area contributed by atoms with Gasteiger partial charge in [0.05, 0.1) is 12.2 Å². The predicted octanol–water partition coefficient (Wildman–Crippen LogP) is 5.70. The number of nitrogens with zero attached hydrogens (tertiary/aromatic N) is 1. The normalized spacial score (nSPS) is 17.8. The number of ketones is 1. The largest absolute Gasteiger partial charge is 0.507 e. The molecule has 5 nitrogen and oxygen atoms in total. The fraction of sp³-hybridized carbons (Fsp3) is 0.231. The minimum absolute atomic E-state index is 0.0999. The lowest BCUT2D eigenvalue weighted by atomic mass is 9.98. The Balaban J connectivity index is 1.89. The Morgan fingerprint density at radius 3 is 2.31 bits per heavy atom. The molecule has 1 saturated heterocycles. The van der Waals surface area contributed by atoms with Gasteiger partial charge in [-0.2, -0.15) is 0 Å². The Hall–Kier alpha value is -3.38. The smallest absolute Gasteiger partial charge is 0.300 e. The summed E-state index contributed by atoms with van der Waals surface area (Å²) in [7, 11) is 0. The monoisotopic (exact) mass is 447 g/mol. The summed E-state index contributed by atoms with van der Waals surface area (Å²) in [4.78, 5) is 28.8. The van der Waals surface area contributed by atoms with E-state index in [4.69, 9.17) is 4.74 Å². The average molecular weight is 448 g/mol. The number of carbonyl (C=O) groups is 2. The molecule has 2 heterocycles. The minimum atomic E-state index is -0.691. The van der Waals surface area contributed by atoms with Crippen LogP contribution < -0.4 is 9.64 Å². The summed E-state index contributed by atoms with van der Waals surface area (Å²) in [5.41, 5.74) is 4.29. The van der Waals surface area contributed by atoms with Crippen LogP contribution in [0, 0.1) is 20.8 Å². The van der Waals surface area contributed by atoms with Gasteiger partial charge in [-0.15, -0.1) is 11.3 Å². The summed E-state index contributed by atoms with van der Waals surface area (Å²) in [5.74, 6) is -0.841. The molecule has 0 saturated carbocycles. The number of aryl methyl sites for hydroxylation is 3. The van der Waals surface area contributed by atoms with E-state index in [1.54, 1.807) is 24.3 Å². The number of aliphatic hydroxyl groups excluding tert-OH is 1. The number of anilines is 1. The summed E-state index contributed by atoms with van der Waals surface area (Å²) in [6.45, 7) is 8.35. The fourth-order valence-corrected chi connectivity index (χ4v) is 4.94. The zero-order valence-corrected chi connectivity index (χ0v) is 19.3. The molecule has 1 aliphatic heterocycles. The minimum Gasteiger partial charge on any atom is -0.507 e.